The highest BCUT2D eigenvalue weighted by atomic mass is 35.5. The van der Waals surface area contributed by atoms with Crippen molar-refractivity contribution in [3.63, 3.8) is 0 Å². The fourth-order valence-corrected chi connectivity index (χ4v) is 2.28. The Labute approximate surface area is 112 Å². The van der Waals surface area contributed by atoms with Crippen molar-refractivity contribution in [2.75, 3.05) is 5.32 Å². The van der Waals surface area contributed by atoms with Crippen LogP contribution in [0.1, 0.15) is 20.2 Å². The summed E-state index contributed by atoms with van der Waals surface area (Å²) in [6.45, 7) is 2.48. The SMILES string of the molecule is Cc1ncc(CNc2cc(C(=O)O)c(Cl)cn2)s1. The van der Waals surface area contributed by atoms with Crippen LogP contribution in [0.15, 0.2) is 18.5 Å². The smallest absolute Gasteiger partial charge is 0.337 e. The van der Waals surface area contributed by atoms with Crippen LogP contribution in [0.5, 0.6) is 0 Å². The number of pyridine rings is 1. The number of hydrogen-bond donors (Lipinski definition) is 2. The molecule has 0 aliphatic heterocycles. The molecule has 94 valence electrons. The van der Waals surface area contributed by atoms with Gasteiger partial charge in [-0.2, -0.15) is 0 Å². The Hall–Kier alpha value is -1.66. The van der Waals surface area contributed by atoms with Gasteiger partial charge < -0.3 is 10.4 Å². The highest BCUT2D eigenvalue weighted by Gasteiger charge is 2.10. The molecule has 0 fully saturated rings. The van der Waals surface area contributed by atoms with Gasteiger partial charge in [-0.3, -0.25) is 0 Å². The average molecular weight is 284 g/mol. The van der Waals surface area contributed by atoms with Gasteiger partial charge in [0.2, 0.25) is 0 Å². The van der Waals surface area contributed by atoms with Gasteiger partial charge in [-0.05, 0) is 13.0 Å². The van der Waals surface area contributed by atoms with Crippen LogP contribution in [0, 0.1) is 6.92 Å². The van der Waals surface area contributed by atoms with Gasteiger partial charge in [-0.1, -0.05) is 11.6 Å². The highest BCUT2D eigenvalue weighted by Crippen LogP contribution is 2.19. The zero-order valence-electron chi connectivity index (χ0n) is 9.48. The summed E-state index contributed by atoms with van der Waals surface area (Å²) in [5.41, 5.74) is 0.0367. The van der Waals surface area contributed by atoms with E-state index in [4.69, 9.17) is 16.7 Å². The van der Waals surface area contributed by atoms with Crippen molar-refractivity contribution in [3.8, 4) is 0 Å². The van der Waals surface area contributed by atoms with Crippen LogP contribution >= 0.6 is 22.9 Å². The molecule has 0 aliphatic rings. The Kier molecular flexibility index (Phi) is 3.78. The maximum atomic E-state index is 10.9. The summed E-state index contributed by atoms with van der Waals surface area (Å²) in [5, 5.41) is 13.1. The van der Waals surface area contributed by atoms with Crippen molar-refractivity contribution < 1.29 is 9.90 Å². The van der Waals surface area contributed by atoms with Gasteiger partial charge in [0.25, 0.3) is 0 Å². The molecule has 0 unspecified atom stereocenters. The molecule has 5 nitrogen and oxygen atoms in total. The number of rotatable bonds is 4. The second-order valence-corrected chi connectivity index (χ2v) is 5.28. The largest absolute Gasteiger partial charge is 0.478 e. The number of nitrogens with zero attached hydrogens (tertiary/aromatic N) is 2. The minimum atomic E-state index is -1.07. The number of halogens is 1. The molecule has 18 heavy (non-hydrogen) atoms. The molecule has 2 heterocycles. The summed E-state index contributed by atoms with van der Waals surface area (Å²) >= 11 is 7.31. The molecule has 0 bridgehead atoms. The minimum absolute atomic E-state index is 0.0367. The van der Waals surface area contributed by atoms with Gasteiger partial charge in [-0.15, -0.1) is 11.3 Å². The quantitative estimate of drug-likeness (QED) is 0.902. The van der Waals surface area contributed by atoms with Crippen LogP contribution < -0.4 is 5.32 Å². The number of thiazole rings is 1. The number of aryl methyl sites for hydroxylation is 1. The van der Waals surface area contributed by atoms with E-state index in [-0.39, 0.29) is 10.6 Å². The molecule has 0 atom stereocenters. The first-order chi connectivity index (χ1) is 8.56. The Morgan fingerprint density at radius 1 is 1.50 bits per heavy atom. The minimum Gasteiger partial charge on any atom is -0.478 e. The first kappa shape index (κ1) is 12.8. The van der Waals surface area contributed by atoms with Crippen molar-refractivity contribution in [2.24, 2.45) is 0 Å². The average Bonchev–Trinajstić information content (AvgIpc) is 2.74. The van der Waals surface area contributed by atoms with Crippen molar-refractivity contribution >= 4 is 34.7 Å². The van der Waals surface area contributed by atoms with Crippen molar-refractivity contribution in [1.29, 1.82) is 0 Å². The summed E-state index contributed by atoms with van der Waals surface area (Å²) in [6, 6.07) is 1.42. The van der Waals surface area contributed by atoms with Crippen LogP contribution in [-0.2, 0) is 6.54 Å². The lowest BCUT2D eigenvalue weighted by Crippen LogP contribution is -2.04. The number of nitrogens with one attached hydrogen (secondary N) is 1. The maximum absolute atomic E-state index is 10.9. The molecule has 0 saturated heterocycles. The Morgan fingerprint density at radius 2 is 2.28 bits per heavy atom. The topological polar surface area (TPSA) is 75.1 Å². The fourth-order valence-electron chi connectivity index (χ4n) is 1.36. The molecular weight excluding hydrogens is 274 g/mol. The fraction of sp³-hybridized carbons (Fsp3) is 0.182. The lowest BCUT2D eigenvalue weighted by Gasteiger charge is -2.05. The standard InChI is InChI=1S/C11H10ClN3O2S/c1-6-13-3-7(18-6)4-14-10-2-8(11(16)17)9(12)5-15-10/h2-3,5H,4H2,1H3,(H,14,15)(H,16,17). The normalized spacial score (nSPS) is 10.3. The monoisotopic (exact) mass is 283 g/mol. The second kappa shape index (κ2) is 5.32. The number of carboxylic acid groups (broad SMARTS) is 1. The summed E-state index contributed by atoms with van der Waals surface area (Å²) < 4.78 is 0. The van der Waals surface area contributed by atoms with E-state index in [1.807, 2.05) is 6.92 Å². The Morgan fingerprint density at radius 3 is 2.89 bits per heavy atom. The van der Waals surface area contributed by atoms with Gasteiger partial charge >= 0.3 is 5.97 Å². The third-order valence-electron chi connectivity index (χ3n) is 2.20. The van der Waals surface area contributed by atoms with Crippen molar-refractivity contribution in [1.82, 2.24) is 9.97 Å². The van der Waals surface area contributed by atoms with Crippen LogP contribution in [-0.4, -0.2) is 21.0 Å². The number of anilines is 1. The van der Waals surface area contributed by atoms with Crippen molar-refractivity contribution in [3.05, 3.63) is 38.9 Å². The predicted octanol–water partition coefficient (Wildman–Crippen LogP) is 2.81. The number of carbonyl (C=O) groups is 1. The van der Waals surface area contributed by atoms with E-state index in [0.29, 0.717) is 12.4 Å². The zero-order valence-corrected chi connectivity index (χ0v) is 11.0. The van der Waals surface area contributed by atoms with E-state index in [0.717, 1.165) is 9.88 Å². The van der Waals surface area contributed by atoms with Crippen LogP contribution in [0.3, 0.4) is 0 Å². The van der Waals surface area contributed by atoms with Gasteiger partial charge in [0.1, 0.15) is 5.82 Å². The highest BCUT2D eigenvalue weighted by molar-refractivity contribution is 7.11. The molecule has 0 spiro atoms. The molecule has 0 amide bonds. The second-order valence-electron chi connectivity index (χ2n) is 3.55. The Bertz CT molecular complexity index is 585. The molecule has 7 heteroatoms. The summed E-state index contributed by atoms with van der Waals surface area (Å²) in [7, 11) is 0. The van der Waals surface area contributed by atoms with E-state index >= 15 is 0 Å². The van der Waals surface area contributed by atoms with E-state index in [1.54, 1.807) is 17.5 Å². The molecule has 2 N–H and O–H groups in total. The number of aromatic carboxylic acids is 1. The van der Waals surface area contributed by atoms with Gasteiger partial charge in [0, 0.05) is 17.3 Å². The van der Waals surface area contributed by atoms with Crippen LogP contribution in [0.4, 0.5) is 5.82 Å². The lowest BCUT2D eigenvalue weighted by atomic mass is 10.2. The number of carboxylic acids is 1. The van der Waals surface area contributed by atoms with Gasteiger partial charge in [0.15, 0.2) is 0 Å². The predicted molar refractivity (Wildman–Crippen MR) is 70.4 cm³/mol. The zero-order chi connectivity index (χ0) is 13.1. The number of hydrogen-bond acceptors (Lipinski definition) is 5. The van der Waals surface area contributed by atoms with E-state index in [9.17, 15) is 4.79 Å². The molecule has 0 aliphatic carbocycles. The molecule has 2 aromatic rings. The van der Waals surface area contributed by atoms with E-state index < -0.39 is 5.97 Å². The third-order valence-corrected chi connectivity index (χ3v) is 3.41. The molecule has 0 saturated carbocycles. The first-order valence-electron chi connectivity index (χ1n) is 5.10. The molecule has 0 aromatic carbocycles. The van der Waals surface area contributed by atoms with Crippen LogP contribution in [0.2, 0.25) is 5.02 Å². The number of aromatic nitrogens is 2. The maximum Gasteiger partial charge on any atom is 0.337 e. The first-order valence-corrected chi connectivity index (χ1v) is 6.29. The molecule has 0 radical (unpaired) electrons. The molecule has 2 rings (SSSR count). The van der Waals surface area contributed by atoms with E-state index in [1.165, 1.54) is 12.3 Å². The molecule has 2 aromatic heterocycles. The third kappa shape index (κ3) is 2.96. The van der Waals surface area contributed by atoms with E-state index in [2.05, 4.69) is 15.3 Å². The Balaban J connectivity index is 2.10. The summed E-state index contributed by atoms with van der Waals surface area (Å²) in [4.78, 5) is 20.1. The lowest BCUT2D eigenvalue weighted by molar-refractivity contribution is 0.0697. The summed E-state index contributed by atoms with van der Waals surface area (Å²) in [6.07, 6.45) is 3.10. The van der Waals surface area contributed by atoms with Crippen molar-refractivity contribution in [2.45, 2.75) is 13.5 Å². The van der Waals surface area contributed by atoms with Crippen LogP contribution in [0.25, 0.3) is 0 Å². The summed E-state index contributed by atoms with van der Waals surface area (Å²) in [5.74, 6) is -0.595. The van der Waals surface area contributed by atoms with Gasteiger partial charge in [-0.25, -0.2) is 14.8 Å². The molecular formula is C11H10ClN3O2S. The van der Waals surface area contributed by atoms with Gasteiger partial charge in [0.05, 0.1) is 22.1 Å².